The number of hydrogen-bond donors (Lipinski definition) is 1. The van der Waals surface area contributed by atoms with E-state index in [0.717, 1.165) is 16.6 Å². The molecule has 0 saturated carbocycles. The van der Waals surface area contributed by atoms with Crippen molar-refractivity contribution in [3.05, 3.63) is 47.1 Å². The molecule has 3 aromatic heterocycles. The average molecular weight is 185 g/mol. The summed E-state index contributed by atoms with van der Waals surface area (Å²) < 4.78 is 1.55. The molecule has 0 atom stereocenters. The van der Waals surface area contributed by atoms with Gasteiger partial charge in [0.05, 0.1) is 11.0 Å². The molecule has 68 valence electrons. The Balaban J connectivity index is 2.73. The van der Waals surface area contributed by atoms with E-state index in [1.54, 1.807) is 22.9 Å². The van der Waals surface area contributed by atoms with E-state index >= 15 is 0 Å². The number of rotatable bonds is 0. The van der Waals surface area contributed by atoms with Gasteiger partial charge in [-0.05, 0) is 24.3 Å². The first kappa shape index (κ1) is 7.32. The molecule has 0 saturated heterocycles. The zero-order valence-electron chi connectivity index (χ0n) is 7.27. The quantitative estimate of drug-likeness (QED) is 0.571. The lowest BCUT2D eigenvalue weighted by Gasteiger charge is -1.98. The van der Waals surface area contributed by atoms with Gasteiger partial charge in [0.2, 0.25) is 0 Å². The number of hydrogen-bond acceptors (Lipinski definition) is 2. The summed E-state index contributed by atoms with van der Waals surface area (Å²) in [5, 5.41) is 0. The third-order valence-corrected chi connectivity index (χ3v) is 2.26. The zero-order chi connectivity index (χ0) is 9.54. The number of fused-ring (bicyclic) bond motifs is 3. The first-order chi connectivity index (χ1) is 6.86. The Labute approximate surface area is 78.8 Å². The molecule has 4 heteroatoms. The molecule has 0 aliphatic rings. The van der Waals surface area contributed by atoms with Crippen LogP contribution < -0.4 is 5.69 Å². The predicted octanol–water partition coefficient (Wildman–Crippen LogP) is 1.18. The number of pyridine rings is 1. The van der Waals surface area contributed by atoms with Gasteiger partial charge in [0.1, 0.15) is 5.52 Å². The summed E-state index contributed by atoms with van der Waals surface area (Å²) in [6.07, 6.45) is 3.44. The van der Waals surface area contributed by atoms with Crippen LogP contribution in [0.25, 0.3) is 16.6 Å². The third-order valence-electron chi connectivity index (χ3n) is 2.26. The molecule has 0 amide bonds. The lowest BCUT2D eigenvalue weighted by molar-refractivity contribution is 1.03. The fraction of sp³-hybridized carbons (Fsp3) is 0. The minimum Gasteiger partial charge on any atom is -0.305 e. The second kappa shape index (κ2) is 2.45. The van der Waals surface area contributed by atoms with Crippen LogP contribution in [0.15, 0.2) is 41.5 Å². The number of nitrogens with one attached hydrogen (secondary N) is 1. The van der Waals surface area contributed by atoms with Crippen LogP contribution in [0.2, 0.25) is 0 Å². The lowest BCUT2D eigenvalue weighted by Crippen LogP contribution is -2.15. The topological polar surface area (TPSA) is 50.2 Å². The van der Waals surface area contributed by atoms with E-state index in [1.807, 2.05) is 18.2 Å². The van der Waals surface area contributed by atoms with Gasteiger partial charge in [0.15, 0.2) is 0 Å². The van der Waals surface area contributed by atoms with Crippen molar-refractivity contribution in [3.63, 3.8) is 0 Å². The van der Waals surface area contributed by atoms with Gasteiger partial charge in [-0.3, -0.25) is 9.38 Å². The molecule has 0 bridgehead atoms. The Bertz CT molecular complexity index is 665. The smallest absolute Gasteiger partial charge is 0.305 e. The molecule has 0 aliphatic carbocycles. The Morgan fingerprint density at radius 3 is 3.14 bits per heavy atom. The highest BCUT2D eigenvalue weighted by molar-refractivity contribution is 5.89. The van der Waals surface area contributed by atoms with Gasteiger partial charge in [-0.25, -0.2) is 4.79 Å². The van der Waals surface area contributed by atoms with Crippen molar-refractivity contribution in [2.45, 2.75) is 0 Å². The van der Waals surface area contributed by atoms with Crippen molar-refractivity contribution in [1.29, 1.82) is 0 Å². The summed E-state index contributed by atoms with van der Waals surface area (Å²) in [4.78, 5) is 18.5. The molecule has 4 nitrogen and oxygen atoms in total. The highest BCUT2D eigenvalue weighted by Gasteiger charge is 2.03. The molecule has 0 fully saturated rings. The van der Waals surface area contributed by atoms with Crippen LogP contribution in [0.1, 0.15) is 0 Å². The Kier molecular flexibility index (Phi) is 1.28. The van der Waals surface area contributed by atoms with Crippen molar-refractivity contribution in [2.75, 3.05) is 0 Å². The summed E-state index contributed by atoms with van der Waals surface area (Å²) in [6.45, 7) is 0. The second-order valence-corrected chi connectivity index (χ2v) is 3.09. The van der Waals surface area contributed by atoms with Gasteiger partial charge in [0, 0.05) is 12.4 Å². The van der Waals surface area contributed by atoms with Gasteiger partial charge in [-0.15, -0.1) is 0 Å². The number of aromatic amines is 1. The Hall–Kier alpha value is -2.10. The molecule has 0 unspecified atom stereocenters. The van der Waals surface area contributed by atoms with Crippen LogP contribution in [-0.4, -0.2) is 14.4 Å². The molecule has 14 heavy (non-hydrogen) atoms. The molecule has 3 aromatic rings. The summed E-state index contributed by atoms with van der Waals surface area (Å²) in [7, 11) is 0. The van der Waals surface area contributed by atoms with Crippen LogP contribution in [0, 0.1) is 0 Å². The first-order valence-corrected chi connectivity index (χ1v) is 4.30. The molecule has 0 radical (unpaired) electrons. The molecule has 1 N–H and O–H groups in total. The van der Waals surface area contributed by atoms with Crippen molar-refractivity contribution in [2.24, 2.45) is 0 Å². The van der Waals surface area contributed by atoms with E-state index < -0.39 is 0 Å². The van der Waals surface area contributed by atoms with Gasteiger partial charge in [-0.2, -0.15) is 0 Å². The summed E-state index contributed by atoms with van der Waals surface area (Å²) in [6, 6.07) is 7.36. The van der Waals surface area contributed by atoms with E-state index in [-0.39, 0.29) is 5.69 Å². The minimum atomic E-state index is -0.134. The Morgan fingerprint density at radius 1 is 1.29 bits per heavy atom. The second-order valence-electron chi connectivity index (χ2n) is 3.09. The fourth-order valence-corrected chi connectivity index (χ4v) is 1.64. The monoisotopic (exact) mass is 185 g/mol. The lowest BCUT2D eigenvalue weighted by atomic mass is 10.3. The zero-order valence-corrected chi connectivity index (χ0v) is 7.27. The van der Waals surface area contributed by atoms with E-state index in [2.05, 4.69) is 9.97 Å². The first-order valence-electron chi connectivity index (χ1n) is 4.30. The van der Waals surface area contributed by atoms with Crippen molar-refractivity contribution in [3.8, 4) is 0 Å². The van der Waals surface area contributed by atoms with Crippen molar-refractivity contribution in [1.82, 2.24) is 14.4 Å². The molecular formula is C10H7N3O. The number of aromatic nitrogens is 3. The minimum absolute atomic E-state index is 0.134. The molecule has 0 spiro atoms. The molecular weight excluding hydrogens is 178 g/mol. The van der Waals surface area contributed by atoms with Crippen molar-refractivity contribution >= 4 is 16.6 Å². The van der Waals surface area contributed by atoms with Crippen molar-refractivity contribution < 1.29 is 0 Å². The fourth-order valence-electron chi connectivity index (χ4n) is 1.64. The van der Waals surface area contributed by atoms with E-state index in [0.29, 0.717) is 0 Å². The predicted molar refractivity (Wildman–Crippen MR) is 53.3 cm³/mol. The highest BCUT2D eigenvalue weighted by atomic mass is 16.1. The SMILES string of the molecule is O=c1[nH]c2cccnc2c2cccn12. The van der Waals surface area contributed by atoms with Gasteiger partial charge in [-0.1, -0.05) is 0 Å². The van der Waals surface area contributed by atoms with E-state index in [9.17, 15) is 4.79 Å². The molecule has 3 rings (SSSR count). The van der Waals surface area contributed by atoms with Crippen LogP contribution >= 0.6 is 0 Å². The molecule has 0 aliphatic heterocycles. The van der Waals surface area contributed by atoms with E-state index in [1.165, 1.54) is 0 Å². The van der Waals surface area contributed by atoms with Gasteiger partial charge >= 0.3 is 5.69 Å². The van der Waals surface area contributed by atoms with Crippen LogP contribution in [0.3, 0.4) is 0 Å². The maximum atomic E-state index is 11.5. The Morgan fingerprint density at radius 2 is 2.21 bits per heavy atom. The molecule has 3 heterocycles. The van der Waals surface area contributed by atoms with E-state index in [4.69, 9.17) is 0 Å². The summed E-state index contributed by atoms with van der Waals surface area (Å²) in [5.74, 6) is 0. The number of H-pyrrole nitrogens is 1. The molecule has 0 aromatic carbocycles. The number of nitrogens with zero attached hydrogens (tertiary/aromatic N) is 2. The third kappa shape index (κ3) is 0.821. The van der Waals surface area contributed by atoms with Crippen LogP contribution in [-0.2, 0) is 0 Å². The maximum absolute atomic E-state index is 11.5. The maximum Gasteiger partial charge on any atom is 0.330 e. The normalized spacial score (nSPS) is 11.1. The summed E-state index contributed by atoms with van der Waals surface area (Å²) >= 11 is 0. The average Bonchev–Trinajstić information content (AvgIpc) is 2.67. The van der Waals surface area contributed by atoms with Gasteiger partial charge in [0.25, 0.3) is 0 Å². The standard InChI is InChI=1S/C10H7N3O/c14-10-12-7-3-1-5-11-9(7)8-4-2-6-13(8)10/h1-6H,(H,12,14). The van der Waals surface area contributed by atoms with Gasteiger partial charge < -0.3 is 4.98 Å². The van der Waals surface area contributed by atoms with Crippen LogP contribution in [0.5, 0.6) is 0 Å². The largest absolute Gasteiger partial charge is 0.330 e. The van der Waals surface area contributed by atoms with Crippen LogP contribution in [0.4, 0.5) is 0 Å². The highest BCUT2D eigenvalue weighted by Crippen LogP contribution is 2.12. The summed E-state index contributed by atoms with van der Waals surface area (Å²) in [5.41, 5.74) is 2.29.